The number of rotatable bonds is 3. The van der Waals surface area contributed by atoms with Crippen molar-refractivity contribution in [3.05, 3.63) is 35.4 Å². The summed E-state index contributed by atoms with van der Waals surface area (Å²) < 4.78 is 14.4. The molecule has 0 atom stereocenters. The normalized spacial score (nSPS) is 24.0. The first-order valence-corrected chi connectivity index (χ1v) is 9.75. The number of halogens is 1. The van der Waals surface area contributed by atoms with Crippen LogP contribution in [0.3, 0.4) is 0 Å². The van der Waals surface area contributed by atoms with Crippen molar-refractivity contribution in [2.45, 2.75) is 57.7 Å². The molecule has 140 valence electrons. The van der Waals surface area contributed by atoms with Gasteiger partial charge in [0.1, 0.15) is 0 Å². The van der Waals surface area contributed by atoms with Gasteiger partial charge in [-0.2, -0.15) is 0 Å². The van der Waals surface area contributed by atoms with Gasteiger partial charge < -0.3 is 9.80 Å². The van der Waals surface area contributed by atoms with E-state index in [0.717, 1.165) is 24.9 Å². The fraction of sp³-hybridized carbons (Fsp3) is 0.619. The van der Waals surface area contributed by atoms with E-state index < -0.39 is 5.67 Å². The van der Waals surface area contributed by atoms with Crippen LogP contribution in [0.4, 0.5) is 4.39 Å². The monoisotopic (exact) mass is 358 g/mol. The highest BCUT2D eigenvalue weighted by atomic mass is 19.1. The quantitative estimate of drug-likeness (QED) is 0.832. The lowest BCUT2D eigenvalue weighted by Gasteiger charge is -2.42. The molecule has 3 aliphatic rings. The number of benzene rings is 1. The number of likely N-dealkylation sites (tertiary alicyclic amines) is 2. The largest absolute Gasteiger partial charge is 0.340 e. The highest BCUT2D eigenvalue weighted by Gasteiger charge is 2.52. The van der Waals surface area contributed by atoms with Crippen LogP contribution in [0, 0.1) is 12.3 Å². The molecule has 1 spiro atoms. The number of alkyl halides is 1. The Hall–Kier alpha value is -1.91. The van der Waals surface area contributed by atoms with E-state index in [1.807, 2.05) is 11.0 Å². The van der Waals surface area contributed by atoms with Gasteiger partial charge in [0.05, 0.1) is 5.41 Å². The summed E-state index contributed by atoms with van der Waals surface area (Å²) in [7, 11) is 0. The third-order valence-electron chi connectivity index (χ3n) is 6.59. The Morgan fingerprint density at radius 1 is 1.12 bits per heavy atom. The van der Waals surface area contributed by atoms with Gasteiger partial charge >= 0.3 is 0 Å². The zero-order valence-corrected chi connectivity index (χ0v) is 15.5. The van der Waals surface area contributed by atoms with Gasteiger partial charge in [-0.1, -0.05) is 29.8 Å². The summed E-state index contributed by atoms with van der Waals surface area (Å²) in [6.45, 7) is 4.50. The number of aryl methyl sites for hydroxylation is 1. The Labute approximate surface area is 154 Å². The van der Waals surface area contributed by atoms with Crippen molar-refractivity contribution in [3.8, 4) is 0 Å². The first-order valence-electron chi connectivity index (χ1n) is 9.75. The first kappa shape index (κ1) is 17.5. The number of amides is 2. The minimum absolute atomic E-state index is 0.213. The second-order valence-corrected chi connectivity index (χ2v) is 8.36. The van der Waals surface area contributed by atoms with Crippen molar-refractivity contribution in [3.63, 3.8) is 0 Å². The fourth-order valence-corrected chi connectivity index (χ4v) is 4.66. The molecule has 0 unspecified atom stereocenters. The Balaban J connectivity index is 1.38. The lowest BCUT2D eigenvalue weighted by Crippen LogP contribution is -2.54. The minimum Gasteiger partial charge on any atom is -0.340 e. The Morgan fingerprint density at radius 2 is 1.81 bits per heavy atom. The Bertz CT molecular complexity index is 720. The number of hydrogen-bond acceptors (Lipinski definition) is 2. The topological polar surface area (TPSA) is 40.6 Å². The van der Waals surface area contributed by atoms with E-state index in [1.54, 1.807) is 4.90 Å². The molecule has 2 heterocycles. The zero-order chi connectivity index (χ0) is 18.4. The maximum atomic E-state index is 14.4. The van der Waals surface area contributed by atoms with Crippen LogP contribution in [0.1, 0.15) is 49.7 Å². The van der Waals surface area contributed by atoms with E-state index in [2.05, 4.69) is 25.1 Å². The molecular weight excluding hydrogens is 331 g/mol. The summed E-state index contributed by atoms with van der Waals surface area (Å²) in [4.78, 5) is 29.0. The summed E-state index contributed by atoms with van der Waals surface area (Å²) >= 11 is 0. The molecule has 3 fully saturated rings. The van der Waals surface area contributed by atoms with Crippen molar-refractivity contribution in [2.75, 3.05) is 19.6 Å². The molecule has 2 saturated heterocycles. The number of piperidine rings is 1. The third-order valence-corrected chi connectivity index (χ3v) is 6.59. The van der Waals surface area contributed by atoms with Gasteiger partial charge in [-0.15, -0.1) is 0 Å². The lowest BCUT2D eigenvalue weighted by atomic mass is 9.75. The second kappa shape index (κ2) is 6.36. The Morgan fingerprint density at radius 3 is 2.42 bits per heavy atom. The predicted molar refractivity (Wildman–Crippen MR) is 97.2 cm³/mol. The average Bonchev–Trinajstić information content (AvgIpc) is 2.89. The first-order chi connectivity index (χ1) is 12.4. The van der Waals surface area contributed by atoms with Crippen LogP contribution >= 0.6 is 0 Å². The molecule has 1 aromatic rings. The molecule has 1 saturated carbocycles. The van der Waals surface area contributed by atoms with Crippen molar-refractivity contribution in [2.24, 2.45) is 5.41 Å². The molecule has 2 amide bonds. The molecule has 0 aromatic heterocycles. The summed E-state index contributed by atoms with van der Waals surface area (Å²) in [5.74, 6) is -0.134. The molecule has 2 aliphatic heterocycles. The predicted octanol–water partition coefficient (Wildman–Crippen LogP) is 3.23. The van der Waals surface area contributed by atoms with Gasteiger partial charge in [0.25, 0.3) is 5.91 Å². The van der Waals surface area contributed by atoms with Gasteiger partial charge in [0, 0.05) is 26.2 Å². The lowest BCUT2D eigenvalue weighted by molar-refractivity contribution is -0.154. The highest BCUT2D eigenvalue weighted by Crippen LogP contribution is 2.44. The molecule has 0 N–H and O–H groups in total. The molecule has 0 radical (unpaired) electrons. The number of hydrogen-bond donors (Lipinski definition) is 0. The number of nitrogens with zero attached hydrogens (tertiary/aromatic N) is 2. The van der Waals surface area contributed by atoms with Gasteiger partial charge in [0.2, 0.25) is 5.91 Å². The molecule has 1 aromatic carbocycles. The zero-order valence-electron chi connectivity index (χ0n) is 15.5. The molecule has 4 rings (SSSR count). The standard InChI is InChI=1S/C21H27FN2O2/c1-16-4-2-5-17(14-16)15-24-13-10-20(18(24)25)8-11-23(12-9-20)19(26)21(22)6-3-7-21/h2,4-5,14H,3,6-13,15H2,1H3. The van der Waals surface area contributed by atoms with Crippen molar-refractivity contribution >= 4 is 11.8 Å². The van der Waals surface area contributed by atoms with Crippen LogP contribution in [0.15, 0.2) is 24.3 Å². The molecule has 0 bridgehead atoms. The van der Waals surface area contributed by atoms with Gasteiger partial charge in [0.15, 0.2) is 5.67 Å². The van der Waals surface area contributed by atoms with E-state index in [-0.39, 0.29) is 17.2 Å². The number of carbonyl (C=O) groups is 2. The van der Waals surface area contributed by atoms with Gasteiger partial charge in [-0.25, -0.2) is 4.39 Å². The Kier molecular flexibility index (Phi) is 4.28. The smallest absolute Gasteiger partial charge is 0.260 e. The van der Waals surface area contributed by atoms with Gasteiger partial charge in [-0.05, 0) is 51.0 Å². The second-order valence-electron chi connectivity index (χ2n) is 8.36. The third kappa shape index (κ3) is 2.91. The molecular formula is C21H27FN2O2. The van der Waals surface area contributed by atoms with E-state index >= 15 is 0 Å². The highest BCUT2D eigenvalue weighted by molar-refractivity contribution is 5.88. The van der Waals surface area contributed by atoms with Crippen LogP contribution in [-0.4, -0.2) is 46.9 Å². The van der Waals surface area contributed by atoms with Crippen LogP contribution in [0.2, 0.25) is 0 Å². The van der Waals surface area contributed by atoms with Crippen LogP contribution in [0.5, 0.6) is 0 Å². The minimum atomic E-state index is -1.62. The molecule has 5 heteroatoms. The van der Waals surface area contributed by atoms with Crippen LogP contribution in [-0.2, 0) is 16.1 Å². The van der Waals surface area contributed by atoms with E-state index in [4.69, 9.17) is 0 Å². The molecule has 4 nitrogen and oxygen atoms in total. The SMILES string of the molecule is Cc1cccc(CN2CCC3(CCN(C(=O)C4(F)CCC4)CC3)C2=O)c1. The average molecular weight is 358 g/mol. The fourth-order valence-electron chi connectivity index (χ4n) is 4.66. The maximum absolute atomic E-state index is 14.4. The maximum Gasteiger partial charge on any atom is 0.260 e. The summed E-state index contributed by atoms with van der Waals surface area (Å²) in [5.41, 5.74) is 0.393. The van der Waals surface area contributed by atoms with E-state index in [0.29, 0.717) is 45.3 Å². The summed E-state index contributed by atoms with van der Waals surface area (Å²) in [6.07, 6.45) is 3.69. The van der Waals surface area contributed by atoms with Crippen molar-refractivity contribution < 1.29 is 14.0 Å². The molecule has 1 aliphatic carbocycles. The van der Waals surface area contributed by atoms with Crippen LogP contribution in [0.25, 0.3) is 0 Å². The van der Waals surface area contributed by atoms with Crippen LogP contribution < -0.4 is 0 Å². The van der Waals surface area contributed by atoms with Gasteiger partial charge in [-0.3, -0.25) is 9.59 Å². The van der Waals surface area contributed by atoms with E-state index in [9.17, 15) is 14.0 Å². The molecule has 26 heavy (non-hydrogen) atoms. The number of carbonyl (C=O) groups excluding carboxylic acids is 2. The van der Waals surface area contributed by atoms with E-state index in [1.165, 1.54) is 5.56 Å². The summed E-state index contributed by atoms with van der Waals surface area (Å²) in [5, 5.41) is 0. The van der Waals surface area contributed by atoms with Crippen molar-refractivity contribution in [1.82, 2.24) is 9.80 Å². The van der Waals surface area contributed by atoms with Crippen molar-refractivity contribution in [1.29, 1.82) is 0 Å². The summed E-state index contributed by atoms with van der Waals surface area (Å²) in [6, 6.07) is 8.27.